The Morgan fingerprint density at radius 3 is 2.30 bits per heavy atom. The Labute approximate surface area is 135 Å². The van der Waals surface area contributed by atoms with Crippen molar-refractivity contribution in [1.29, 1.82) is 5.26 Å². The number of aliphatic hydroxyl groups is 1. The van der Waals surface area contributed by atoms with Crippen molar-refractivity contribution in [3.63, 3.8) is 0 Å². The standard InChI is InChI=1S/C17H17NO4S/c1-13-2-8-17(9-3-13)23(20,21)12-15(19)11-22-16-6-4-14(10-18)5-7-16/h2-9,15,19H,11-12H2,1H3/t15-/m0/s1. The highest BCUT2D eigenvalue weighted by Crippen LogP contribution is 2.15. The van der Waals surface area contributed by atoms with Crippen molar-refractivity contribution in [1.82, 2.24) is 0 Å². The molecule has 0 saturated heterocycles. The quantitative estimate of drug-likeness (QED) is 0.875. The van der Waals surface area contributed by atoms with Crippen molar-refractivity contribution < 1.29 is 18.3 Å². The number of hydrogen-bond donors (Lipinski definition) is 1. The largest absolute Gasteiger partial charge is 0.491 e. The summed E-state index contributed by atoms with van der Waals surface area (Å²) in [6.45, 7) is 1.73. The highest BCUT2D eigenvalue weighted by atomic mass is 32.2. The molecule has 0 unspecified atom stereocenters. The summed E-state index contributed by atoms with van der Waals surface area (Å²) in [6.07, 6.45) is -1.14. The maximum atomic E-state index is 12.2. The van der Waals surface area contributed by atoms with Crippen molar-refractivity contribution in [3.8, 4) is 11.8 Å². The molecule has 0 spiro atoms. The molecule has 1 N–H and O–H groups in total. The van der Waals surface area contributed by atoms with Gasteiger partial charge >= 0.3 is 0 Å². The monoisotopic (exact) mass is 331 g/mol. The fourth-order valence-electron chi connectivity index (χ4n) is 1.96. The number of nitriles is 1. The topological polar surface area (TPSA) is 87.4 Å². The SMILES string of the molecule is Cc1ccc(S(=O)(=O)C[C@@H](O)COc2ccc(C#N)cc2)cc1. The van der Waals surface area contributed by atoms with Crippen LogP contribution in [0.1, 0.15) is 11.1 Å². The highest BCUT2D eigenvalue weighted by molar-refractivity contribution is 7.91. The van der Waals surface area contributed by atoms with E-state index in [1.165, 1.54) is 12.1 Å². The van der Waals surface area contributed by atoms with Crippen LogP contribution in [0.2, 0.25) is 0 Å². The maximum absolute atomic E-state index is 12.2. The molecule has 0 aliphatic rings. The Bertz CT molecular complexity index is 790. The highest BCUT2D eigenvalue weighted by Gasteiger charge is 2.20. The zero-order valence-corrected chi connectivity index (χ0v) is 13.5. The van der Waals surface area contributed by atoms with Gasteiger partial charge in [0.05, 0.1) is 22.3 Å². The fourth-order valence-corrected chi connectivity index (χ4v) is 3.31. The predicted molar refractivity (Wildman–Crippen MR) is 85.9 cm³/mol. The number of aliphatic hydroxyl groups excluding tert-OH is 1. The minimum Gasteiger partial charge on any atom is -0.491 e. The maximum Gasteiger partial charge on any atom is 0.181 e. The lowest BCUT2D eigenvalue weighted by Gasteiger charge is -2.13. The summed E-state index contributed by atoms with van der Waals surface area (Å²) in [4.78, 5) is 0.181. The molecule has 0 bridgehead atoms. The number of aryl methyl sites for hydroxylation is 1. The van der Waals surface area contributed by atoms with Gasteiger partial charge in [0, 0.05) is 0 Å². The van der Waals surface area contributed by atoms with Crippen molar-refractivity contribution in [2.75, 3.05) is 12.4 Å². The van der Waals surface area contributed by atoms with E-state index in [1.54, 1.807) is 36.4 Å². The van der Waals surface area contributed by atoms with E-state index in [0.29, 0.717) is 11.3 Å². The Kier molecular flexibility index (Phi) is 5.37. The molecule has 0 fully saturated rings. The van der Waals surface area contributed by atoms with Crippen LogP contribution in [-0.4, -0.2) is 32.0 Å². The lowest BCUT2D eigenvalue weighted by molar-refractivity contribution is 0.125. The van der Waals surface area contributed by atoms with Crippen LogP contribution in [0.4, 0.5) is 0 Å². The van der Waals surface area contributed by atoms with Crippen LogP contribution in [0.15, 0.2) is 53.4 Å². The molecule has 2 aromatic carbocycles. The van der Waals surface area contributed by atoms with Crippen LogP contribution >= 0.6 is 0 Å². The Hall–Kier alpha value is -2.36. The second kappa shape index (κ2) is 7.27. The first kappa shape index (κ1) is 17.0. The van der Waals surface area contributed by atoms with Gasteiger partial charge in [-0.2, -0.15) is 5.26 Å². The van der Waals surface area contributed by atoms with E-state index in [4.69, 9.17) is 10.00 Å². The summed E-state index contributed by atoms with van der Waals surface area (Å²) in [6, 6.07) is 14.8. The average molecular weight is 331 g/mol. The molecule has 0 aromatic heterocycles. The van der Waals surface area contributed by atoms with Gasteiger partial charge in [-0.25, -0.2) is 8.42 Å². The first-order valence-electron chi connectivity index (χ1n) is 7.01. The zero-order chi connectivity index (χ0) is 16.9. The summed E-state index contributed by atoms with van der Waals surface area (Å²) >= 11 is 0. The molecule has 2 aromatic rings. The summed E-state index contributed by atoms with van der Waals surface area (Å²) in [5.41, 5.74) is 1.47. The van der Waals surface area contributed by atoms with Crippen LogP contribution in [-0.2, 0) is 9.84 Å². The number of sulfone groups is 1. The summed E-state index contributed by atoms with van der Waals surface area (Å²) in [7, 11) is -3.56. The second-order valence-electron chi connectivity index (χ2n) is 5.20. The molecule has 0 heterocycles. The average Bonchev–Trinajstić information content (AvgIpc) is 2.53. The third-order valence-electron chi connectivity index (χ3n) is 3.22. The van der Waals surface area contributed by atoms with E-state index >= 15 is 0 Å². The number of benzene rings is 2. The zero-order valence-electron chi connectivity index (χ0n) is 12.6. The van der Waals surface area contributed by atoms with Gasteiger partial charge in [-0.3, -0.25) is 0 Å². The smallest absolute Gasteiger partial charge is 0.181 e. The minimum atomic E-state index is -3.56. The Balaban J connectivity index is 1.94. The molecule has 1 atom stereocenters. The normalized spacial score (nSPS) is 12.4. The predicted octanol–water partition coefficient (Wildman–Crippen LogP) is 2.08. The molecule has 0 radical (unpaired) electrons. The lowest BCUT2D eigenvalue weighted by atomic mass is 10.2. The third-order valence-corrected chi connectivity index (χ3v) is 5.03. The van der Waals surface area contributed by atoms with E-state index in [1.807, 2.05) is 13.0 Å². The minimum absolute atomic E-state index is 0.142. The first-order chi connectivity index (χ1) is 10.9. The number of rotatable bonds is 6. The van der Waals surface area contributed by atoms with E-state index in [0.717, 1.165) is 5.56 Å². The van der Waals surface area contributed by atoms with Gasteiger partial charge in [-0.15, -0.1) is 0 Å². The van der Waals surface area contributed by atoms with Gasteiger partial charge in [0.25, 0.3) is 0 Å². The van der Waals surface area contributed by atoms with Gasteiger partial charge in [0.15, 0.2) is 9.84 Å². The van der Waals surface area contributed by atoms with Crippen LogP contribution in [0.5, 0.6) is 5.75 Å². The molecule has 23 heavy (non-hydrogen) atoms. The van der Waals surface area contributed by atoms with Crippen LogP contribution in [0, 0.1) is 18.3 Å². The summed E-state index contributed by atoms with van der Waals surface area (Å²) < 4.78 is 29.7. The van der Waals surface area contributed by atoms with E-state index in [9.17, 15) is 13.5 Å². The van der Waals surface area contributed by atoms with Gasteiger partial charge < -0.3 is 9.84 Å². The molecule has 6 heteroatoms. The van der Waals surface area contributed by atoms with Gasteiger partial charge in [-0.05, 0) is 43.3 Å². The first-order valence-corrected chi connectivity index (χ1v) is 8.66. The molecule has 0 amide bonds. The molecule has 2 rings (SSSR count). The van der Waals surface area contributed by atoms with Crippen molar-refractivity contribution in [2.45, 2.75) is 17.9 Å². The molecule has 120 valence electrons. The van der Waals surface area contributed by atoms with Gasteiger partial charge in [0.2, 0.25) is 0 Å². The van der Waals surface area contributed by atoms with Gasteiger partial charge in [-0.1, -0.05) is 17.7 Å². The van der Waals surface area contributed by atoms with Crippen LogP contribution in [0.3, 0.4) is 0 Å². The molecular formula is C17H17NO4S. The summed E-state index contributed by atoms with van der Waals surface area (Å²) in [5, 5.41) is 18.6. The number of nitrogens with zero attached hydrogens (tertiary/aromatic N) is 1. The molecule has 0 aliphatic heterocycles. The van der Waals surface area contributed by atoms with Crippen molar-refractivity contribution in [3.05, 3.63) is 59.7 Å². The number of hydrogen-bond acceptors (Lipinski definition) is 5. The van der Waals surface area contributed by atoms with Gasteiger partial charge in [0.1, 0.15) is 18.5 Å². The van der Waals surface area contributed by atoms with E-state index in [2.05, 4.69) is 0 Å². The second-order valence-corrected chi connectivity index (χ2v) is 7.23. The Morgan fingerprint density at radius 1 is 1.13 bits per heavy atom. The molecule has 5 nitrogen and oxygen atoms in total. The van der Waals surface area contributed by atoms with E-state index in [-0.39, 0.29) is 11.5 Å². The van der Waals surface area contributed by atoms with Crippen LogP contribution < -0.4 is 4.74 Å². The van der Waals surface area contributed by atoms with Crippen molar-refractivity contribution in [2.24, 2.45) is 0 Å². The molecule has 0 saturated carbocycles. The fraction of sp³-hybridized carbons (Fsp3) is 0.235. The van der Waals surface area contributed by atoms with E-state index < -0.39 is 21.7 Å². The van der Waals surface area contributed by atoms with Crippen LogP contribution in [0.25, 0.3) is 0 Å². The Morgan fingerprint density at radius 2 is 1.74 bits per heavy atom. The third kappa shape index (κ3) is 4.81. The van der Waals surface area contributed by atoms with Crippen molar-refractivity contribution >= 4 is 9.84 Å². The molecular weight excluding hydrogens is 314 g/mol. The number of ether oxygens (including phenoxy) is 1. The summed E-state index contributed by atoms with van der Waals surface area (Å²) in [5.74, 6) is 0.0579. The lowest BCUT2D eigenvalue weighted by Crippen LogP contribution is -2.27. The molecule has 0 aliphatic carbocycles.